The Bertz CT molecular complexity index is 1170. The lowest BCUT2D eigenvalue weighted by molar-refractivity contribution is -0.160. The third kappa shape index (κ3) is 6.19. The minimum absolute atomic E-state index is 0.121. The summed E-state index contributed by atoms with van der Waals surface area (Å²) in [6.45, 7) is 0.387. The number of carbonyl (C=O) groups is 2. The summed E-state index contributed by atoms with van der Waals surface area (Å²) in [4.78, 5) is 30.5. The molecule has 0 saturated carbocycles. The average molecular weight is 471 g/mol. The maximum Gasteiger partial charge on any atom is 0.411 e. The Hall–Kier alpha value is -4.29. The van der Waals surface area contributed by atoms with Crippen LogP contribution >= 0.6 is 0 Å². The van der Waals surface area contributed by atoms with Gasteiger partial charge in [0.15, 0.2) is 0 Å². The number of amides is 1. The fourth-order valence-electron chi connectivity index (χ4n) is 4.22. The first kappa shape index (κ1) is 23.9. The minimum Gasteiger partial charge on any atom is -0.459 e. The van der Waals surface area contributed by atoms with E-state index in [1.807, 2.05) is 91.0 Å². The van der Waals surface area contributed by atoms with E-state index in [-0.39, 0.29) is 13.2 Å². The highest BCUT2D eigenvalue weighted by molar-refractivity contribution is 5.77. The van der Waals surface area contributed by atoms with Gasteiger partial charge in [-0.1, -0.05) is 96.1 Å². The number of benzene rings is 3. The molecule has 1 heterocycles. The van der Waals surface area contributed by atoms with Crippen molar-refractivity contribution in [3.05, 3.63) is 118 Å². The van der Waals surface area contributed by atoms with E-state index in [0.717, 1.165) is 16.7 Å². The molecule has 1 fully saturated rings. The zero-order valence-electron chi connectivity index (χ0n) is 19.1. The molecule has 0 aromatic heterocycles. The number of nitrogens with zero attached hydrogens (tertiary/aromatic N) is 4. The summed E-state index contributed by atoms with van der Waals surface area (Å²) in [5, 5.41) is 3.54. The second-order valence-corrected chi connectivity index (χ2v) is 8.28. The Morgan fingerprint density at radius 3 is 2.17 bits per heavy atom. The predicted molar refractivity (Wildman–Crippen MR) is 130 cm³/mol. The molecule has 0 bridgehead atoms. The molecule has 8 nitrogen and oxygen atoms in total. The van der Waals surface area contributed by atoms with E-state index in [1.165, 1.54) is 0 Å². The smallest absolute Gasteiger partial charge is 0.411 e. The number of ether oxygens (including phenoxy) is 2. The topological polar surface area (TPSA) is 105 Å². The maximum absolute atomic E-state index is 13.5. The summed E-state index contributed by atoms with van der Waals surface area (Å²) in [6.07, 6.45) is -0.357. The van der Waals surface area contributed by atoms with Gasteiger partial charge in [-0.25, -0.2) is 4.79 Å². The summed E-state index contributed by atoms with van der Waals surface area (Å²) < 4.78 is 11.5. The maximum atomic E-state index is 13.5. The molecule has 1 aliphatic heterocycles. The number of hydrogen-bond donors (Lipinski definition) is 0. The van der Waals surface area contributed by atoms with Crippen molar-refractivity contribution >= 4 is 12.1 Å². The van der Waals surface area contributed by atoms with Gasteiger partial charge in [-0.2, -0.15) is 0 Å². The van der Waals surface area contributed by atoms with E-state index in [1.54, 1.807) is 4.90 Å². The molecule has 0 aliphatic carbocycles. The van der Waals surface area contributed by atoms with Crippen molar-refractivity contribution in [2.24, 2.45) is 5.11 Å². The molecule has 3 aromatic rings. The van der Waals surface area contributed by atoms with Crippen molar-refractivity contribution < 1.29 is 19.1 Å². The van der Waals surface area contributed by atoms with E-state index in [9.17, 15) is 9.59 Å². The Kier molecular flexibility index (Phi) is 7.99. The highest BCUT2D eigenvalue weighted by Crippen LogP contribution is 2.34. The predicted octanol–water partition coefficient (Wildman–Crippen LogP) is 5.95. The molecule has 4 rings (SSSR count). The standard InChI is InChI=1S/C27H26N4O4/c28-30-29-23-16-17-24(35-26(23)32)25(22-14-8-3-9-15-22)31(18-20-10-4-1-5-11-20)27(33)34-19-21-12-6-2-7-13-21/h1-15,23-25H,16-19H2/t23?,24-,25+/m0/s1. The second-order valence-electron chi connectivity index (χ2n) is 8.28. The van der Waals surface area contributed by atoms with Gasteiger partial charge in [-0.15, -0.1) is 0 Å². The minimum atomic E-state index is -0.861. The summed E-state index contributed by atoms with van der Waals surface area (Å²) in [5.41, 5.74) is 11.4. The van der Waals surface area contributed by atoms with Gasteiger partial charge in [0.1, 0.15) is 18.8 Å². The third-order valence-electron chi connectivity index (χ3n) is 5.92. The Morgan fingerprint density at radius 2 is 1.57 bits per heavy atom. The lowest BCUT2D eigenvalue weighted by atomic mass is 9.92. The molecule has 3 atom stereocenters. The van der Waals surface area contributed by atoms with Crippen LogP contribution in [0.15, 0.2) is 96.1 Å². The summed E-state index contributed by atoms with van der Waals surface area (Å²) in [6, 6.07) is 27.1. The SMILES string of the molecule is [N-]=[N+]=NC1CC[C@@H]([C@@H](c2ccccc2)N(Cc2ccccc2)C(=O)OCc2ccccc2)OC1=O. The van der Waals surface area contributed by atoms with Crippen LogP contribution in [-0.4, -0.2) is 29.1 Å². The number of azide groups is 1. The first-order valence-electron chi connectivity index (χ1n) is 11.5. The van der Waals surface area contributed by atoms with Crippen LogP contribution in [0.1, 0.15) is 35.6 Å². The van der Waals surface area contributed by atoms with Gasteiger partial charge in [0.2, 0.25) is 0 Å². The van der Waals surface area contributed by atoms with Crippen LogP contribution in [0.3, 0.4) is 0 Å². The summed E-state index contributed by atoms with van der Waals surface area (Å²) in [7, 11) is 0. The van der Waals surface area contributed by atoms with E-state index >= 15 is 0 Å². The Labute approximate surface area is 203 Å². The van der Waals surface area contributed by atoms with Gasteiger partial charge in [-0.05, 0) is 35.1 Å². The van der Waals surface area contributed by atoms with Crippen molar-refractivity contribution in [1.82, 2.24) is 4.90 Å². The molecule has 1 amide bonds. The Balaban J connectivity index is 1.65. The van der Waals surface area contributed by atoms with Gasteiger partial charge in [0.25, 0.3) is 0 Å². The number of rotatable bonds is 8. The molecule has 1 saturated heterocycles. The van der Waals surface area contributed by atoms with E-state index in [2.05, 4.69) is 10.0 Å². The molecule has 3 aromatic carbocycles. The quantitative estimate of drug-likeness (QED) is 0.175. The van der Waals surface area contributed by atoms with E-state index < -0.39 is 30.3 Å². The molecule has 0 radical (unpaired) electrons. The molecule has 8 heteroatoms. The van der Waals surface area contributed by atoms with Crippen LogP contribution in [-0.2, 0) is 27.4 Å². The first-order valence-corrected chi connectivity index (χ1v) is 11.5. The number of esters is 1. The van der Waals surface area contributed by atoms with Crippen molar-refractivity contribution in [3.8, 4) is 0 Å². The highest BCUT2D eigenvalue weighted by Gasteiger charge is 2.40. The molecule has 1 unspecified atom stereocenters. The van der Waals surface area contributed by atoms with Crippen LogP contribution in [0, 0.1) is 0 Å². The molecule has 1 aliphatic rings. The molecular weight excluding hydrogens is 444 g/mol. The van der Waals surface area contributed by atoms with Gasteiger partial charge >= 0.3 is 12.1 Å². The molecule has 178 valence electrons. The lowest BCUT2D eigenvalue weighted by Gasteiger charge is -2.38. The largest absolute Gasteiger partial charge is 0.459 e. The fourth-order valence-corrected chi connectivity index (χ4v) is 4.22. The second kappa shape index (κ2) is 11.7. The van der Waals surface area contributed by atoms with Crippen LogP contribution < -0.4 is 0 Å². The molecule has 35 heavy (non-hydrogen) atoms. The molecule has 0 N–H and O–H groups in total. The van der Waals surface area contributed by atoms with Crippen LogP contribution in [0.4, 0.5) is 4.79 Å². The van der Waals surface area contributed by atoms with Crippen LogP contribution in [0.25, 0.3) is 10.4 Å². The monoisotopic (exact) mass is 470 g/mol. The van der Waals surface area contributed by atoms with Crippen LogP contribution in [0.2, 0.25) is 0 Å². The number of carbonyl (C=O) groups excluding carboxylic acids is 2. The van der Waals surface area contributed by atoms with Gasteiger partial charge in [-0.3, -0.25) is 9.69 Å². The van der Waals surface area contributed by atoms with E-state index in [4.69, 9.17) is 15.0 Å². The van der Waals surface area contributed by atoms with E-state index in [0.29, 0.717) is 12.8 Å². The summed E-state index contributed by atoms with van der Waals surface area (Å²) in [5.74, 6) is -0.586. The normalized spacial score (nSPS) is 18.0. The molecular formula is C27H26N4O4. The highest BCUT2D eigenvalue weighted by atomic mass is 16.6. The number of hydrogen-bond acceptors (Lipinski definition) is 5. The van der Waals surface area contributed by atoms with Crippen molar-refractivity contribution in [1.29, 1.82) is 0 Å². The van der Waals surface area contributed by atoms with Crippen molar-refractivity contribution in [2.45, 2.75) is 44.2 Å². The lowest BCUT2D eigenvalue weighted by Crippen LogP contribution is -2.45. The molecule has 0 spiro atoms. The van der Waals surface area contributed by atoms with Gasteiger partial charge < -0.3 is 9.47 Å². The van der Waals surface area contributed by atoms with Gasteiger partial charge in [0.05, 0.1) is 6.04 Å². The average Bonchev–Trinajstić information content (AvgIpc) is 2.90. The summed E-state index contributed by atoms with van der Waals surface area (Å²) >= 11 is 0. The van der Waals surface area contributed by atoms with Crippen molar-refractivity contribution in [3.63, 3.8) is 0 Å². The van der Waals surface area contributed by atoms with Crippen molar-refractivity contribution in [2.75, 3.05) is 0 Å². The number of cyclic esters (lactones) is 1. The Morgan fingerprint density at radius 1 is 0.971 bits per heavy atom. The third-order valence-corrected chi connectivity index (χ3v) is 5.92. The fraction of sp³-hybridized carbons (Fsp3) is 0.259. The van der Waals surface area contributed by atoms with Gasteiger partial charge in [0, 0.05) is 11.5 Å². The first-order chi connectivity index (χ1) is 17.2. The van der Waals surface area contributed by atoms with Crippen LogP contribution in [0.5, 0.6) is 0 Å². The zero-order valence-corrected chi connectivity index (χ0v) is 19.1. The zero-order chi connectivity index (χ0) is 24.5.